The van der Waals surface area contributed by atoms with Crippen LogP contribution in [0, 0.1) is 5.75 Å². The van der Waals surface area contributed by atoms with Gasteiger partial charge in [-0.2, -0.15) is 12.6 Å². The summed E-state index contributed by atoms with van der Waals surface area (Å²) in [5.41, 5.74) is 1.15. The molecule has 0 nitrogen and oxygen atoms in total. The van der Waals surface area contributed by atoms with E-state index in [1.807, 2.05) is 30.3 Å². The summed E-state index contributed by atoms with van der Waals surface area (Å²) in [5, 5.41) is 0. The molecule has 0 atom stereocenters. The number of rotatable bonds is 1. The minimum absolute atomic E-state index is 1.15. The van der Waals surface area contributed by atoms with Crippen molar-refractivity contribution in [2.45, 2.75) is 0 Å². The molecule has 0 saturated carbocycles. The van der Waals surface area contributed by atoms with Gasteiger partial charge in [0.05, 0.1) is 0 Å². The Labute approximate surface area is 55.0 Å². The van der Waals surface area contributed by atoms with Crippen molar-refractivity contribution in [3.05, 3.63) is 41.6 Å². The highest BCUT2D eigenvalue weighted by Crippen LogP contribution is 2.02. The minimum atomic E-state index is 1.15. The summed E-state index contributed by atoms with van der Waals surface area (Å²) in [7, 11) is 0. The summed E-state index contributed by atoms with van der Waals surface area (Å²) in [6.45, 7) is 0. The minimum Gasteiger partial charge on any atom is -0.170 e. The first-order valence-corrected chi connectivity index (χ1v) is 2.97. The van der Waals surface area contributed by atoms with Gasteiger partial charge in [0.2, 0.25) is 0 Å². The Kier molecular flexibility index (Phi) is 1.98. The normalized spacial score (nSPS) is 9.12. The fourth-order valence-corrected chi connectivity index (χ4v) is 0.711. The lowest BCUT2D eigenvalue weighted by atomic mass is 10.2. The van der Waals surface area contributed by atoms with Crippen LogP contribution in [-0.4, -0.2) is 0 Å². The van der Waals surface area contributed by atoms with Crippen LogP contribution in [0.3, 0.4) is 0 Å². The van der Waals surface area contributed by atoms with Gasteiger partial charge in [0.15, 0.2) is 0 Å². The molecule has 41 valence electrons. The second-order valence-corrected chi connectivity index (χ2v) is 1.80. The highest BCUT2D eigenvalue weighted by Gasteiger charge is 1.81. The van der Waals surface area contributed by atoms with Gasteiger partial charge in [-0.15, -0.1) is 0 Å². The highest BCUT2D eigenvalue weighted by molar-refractivity contribution is 7.82. The number of thiol groups is 1. The third-order valence-electron chi connectivity index (χ3n) is 0.949. The van der Waals surface area contributed by atoms with Crippen LogP contribution in [-0.2, 0) is 0 Å². The van der Waals surface area contributed by atoms with Crippen molar-refractivity contribution in [3.63, 3.8) is 0 Å². The van der Waals surface area contributed by atoms with Gasteiger partial charge in [-0.25, -0.2) is 0 Å². The summed E-state index contributed by atoms with van der Waals surface area (Å²) in [6, 6.07) is 9.98. The Morgan fingerprint density at radius 3 is 2.12 bits per heavy atom. The van der Waals surface area contributed by atoms with Crippen molar-refractivity contribution in [1.29, 1.82) is 0 Å². The molecular formula is C7H7S. The maximum absolute atomic E-state index is 3.99. The summed E-state index contributed by atoms with van der Waals surface area (Å²) in [4.78, 5) is 0. The van der Waals surface area contributed by atoms with Gasteiger partial charge in [0.1, 0.15) is 0 Å². The maximum Gasteiger partial charge on any atom is 0.0424 e. The SMILES string of the molecule is S[CH]c1ccccc1. The van der Waals surface area contributed by atoms with Crippen LogP contribution >= 0.6 is 12.6 Å². The molecule has 0 amide bonds. The number of benzene rings is 1. The molecule has 0 aliphatic rings. The average molecular weight is 123 g/mol. The van der Waals surface area contributed by atoms with Crippen molar-refractivity contribution < 1.29 is 0 Å². The molecule has 1 aromatic carbocycles. The Morgan fingerprint density at radius 1 is 1.12 bits per heavy atom. The molecule has 1 radical (unpaired) electrons. The molecule has 0 aliphatic heterocycles. The first-order valence-electron chi connectivity index (χ1n) is 2.46. The third kappa shape index (κ3) is 1.27. The van der Waals surface area contributed by atoms with Gasteiger partial charge in [-0.3, -0.25) is 0 Å². The molecule has 0 aliphatic carbocycles. The zero-order valence-electron chi connectivity index (χ0n) is 4.41. The fraction of sp³-hybridized carbons (Fsp3) is 0. The maximum atomic E-state index is 3.99. The summed E-state index contributed by atoms with van der Waals surface area (Å²) < 4.78 is 0. The Morgan fingerprint density at radius 2 is 1.75 bits per heavy atom. The van der Waals surface area contributed by atoms with Crippen molar-refractivity contribution in [2.75, 3.05) is 0 Å². The molecule has 8 heavy (non-hydrogen) atoms. The van der Waals surface area contributed by atoms with Crippen LogP contribution in [0.15, 0.2) is 30.3 Å². The van der Waals surface area contributed by atoms with E-state index in [4.69, 9.17) is 0 Å². The topological polar surface area (TPSA) is 0 Å². The van der Waals surface area contributed by atoms with E-state index in [9.17, 15) is 0 Å². The van der Waals surface area contributed by atoms with Gasteiger partial charge >= 0.3 is 0 Å². The molecule has 0 saturated heterocycles. The van der Waals surface area contributed by atoms with E-state index in [-0.39, 0.29) is 0 Å². The van der Waals surface area contributed by atoms with E-state index < -0.39 is 0 Å². The van der Waals surface area contributed by atoms with Crippen LogP contribution in [0.4, 0.5) is 0 Å². The smallest absolute Gasteiger partial charge is 0.0424 e. The van der Waals surface area contributed by atoms with Crippen molar-refractivity contribution in [1.82, 2.24) is 0 Å². The molecule has 1 rings (SSSR count). The molecule has 0 unspecified atom stereocenters. The van der Waals surface area contributed by atoms with Crippen molar-refractivity contribution >= 4 is 12.6 Å². The van der Waals surface area contributed by atoms with Crippen LogP contribution < -0.4 is 0 Å². The van der Waals surface area contributed by atoms with Gasteiger partial charge in [0, 0.05) is 5.75 Å². The summed E-state index contributed by atoms with van der Waals surface area (Å²) >= 11 is 3.99. The first kappa shape index (κ1) is 5.70. The van der Waals surface area contributed by atoms with Crippen LogP contribution in [0.1, 0.15) is 5.56 Å². The molecule has 0 N–H and O–H groups in total. The van der Waals surface area contributed by atoms with E-state index in [0.717, 1.165) is 5.56 Å². The lowest BCUT2D eigenvalue weighted by Crippen LogP contribution is -1.68. The molecule has 0 heterocycles. The van der Waals surface area contributed by atoms with Crippen LogP contribution in [0.5, 0.6) is 0 Å². The first-order chi connectivity index (χ1) is 3.93. The monoisotopic (exact) mass is 123 g/mol. The lowest BCUT2D eigenvalue weighted by Gasteiger charge is -1.88. The molecule has 0 fully saturated rings. The highest BCUT2D eigenvalue weighted by atomic mass is 32.1. The quantitative estimate of drug-likeness (QED) is 0.543. The average Bonchev–Trinajstić information content (AvgIpc) is 1.90. The molecular weight excluding hydrogens is 116 g/mol. The van der Waals surface area contributed by atoms with Crippen molar-refractivity contribution in [2.24, 2.45) is 0 Å². The van der Waals surface area contributed by atoms with Crippen molar-refractivity contribution in [3.8, 4) is 0 Å². The van der Waals surface area contributed by atoms with Gasteiger partial charge in [-0.1, -0.05) is 30.3 Å². The fourth-order valence-electron chi connectivity index (χ4n) is 0.539. The lowest BCUT2D eigenvalue weighted by molar-refractivity contribution is 1.60. The molecule has 0 aromatic heterocycles. The van der Waals surface area contributed by atoms with E-state index in [2.05, 4.69) is 12.6 Å². The number of hydrogen-bond donors (Lipinski definition) is 1. The zero-order valence-corrected chi connectivity index (χ0v) is 5.31. The molecule has 0 spiro atoms. The second kappa shape index (κ2) is 2.78. The molecule has 1 aromatic rings. The Bertz CT molecular complexity index is 146. The summed E-state index contributed by atoms with van der Waals surface area (Å²) in [5.74, 6) is 1.78. The molecule has 0 bridgehead atoms. The summed E-state index contributed by atoms with van der Waals surface area (Å²) in [6.07, 6.45) is 0. The largest absolute Gasteiger partial charge is 0.170 e. The Hall–Kier alpha value is -0.430. The van der Waals surface area contributed by atoms with Crippen LogP contribution in [0.25, 0.3) is 0 Å². The predicted octanol–water partition coefficient (Wildman–Crippen LogP) is 2.13. The van der Waals surface area contributed by atoms with Crippen LogP contribution in [0.2, 0.25) is 0 Å². The van der Waals surface area contributed by atoms with E-state index in [1.54, 1.807) is 5.75 Å². The molecule has 1 heteroatoms. The second-order valence-electron chi connectivity index (χ2n) is 1.54. The van der Waals surface area contributed by atoms with E-state index in [1.165, 1.54) is 0 Å². The Balaban J connectivity index is 2.83. The van der Waals surface area contributed by atoms with E-state index in [0.29, 0.717) is 0 Å². The van der Waals surface area contributed by atoms with Gasteiger partial charge in [0.25, 0.3) is 0 Å². The predicted molar refractivity (Wildman–Crippen MR) is 38.8 cm³/mol. The van der Waals surface area contributed by atoms with Gasteiger partial charge < -0.3 is 0 Å². The third-order valence-corrected chi connectivity index (χ3v) is 1.25. The van der Waals surface area contributed by atoms with Gasteiger partial charge in [-0.05, 0) is 5.56 Å². The van der Waals surface area contributed by atoms with E-state index >= 15 is 0 Å². The standard InChI is InChI=1S/C7H7S/c8-6-7-4-2-1-3-5-7/h1-6,8H. The number of hydrogen-bond acceptors (Lipinski definition) is 1. The zero-order chi connectivity index (χ0) is 5.82.